The van der Waals surface area contributed by atoms with Crippen molar-refractivity contribution in [2.24, 2.45) is 0 Å². The lowest BCUT2D eigenvalue weighted by atomic mass is 9.76. The summed E-state index contributed by atoms with van der Waals surface area (Å²) in [6, 6.07) is -0.455. The molecule has 20 heavy (non-hydrogen) atoms. The lowest BCUT2D eigenvalue weighted by Crippen LogP contribution is -2.55. The number of nitrogens with zero attached hydrogens (tertiary/aromatic N) is 1. The number of carbonyl (C=O) groups is 2. The quantitative estimate of drug-likeness (QED) is 0.610. The molecule has 0 bridgehead atoms. The molecule has 0 saturated heterocycles. The van der Waals surface area contributed by atoms with Gasteiger partial charge < -0.3 is 20.7 Å². The molecule has 1 fully saturated rings. The molecule has 7 heteroatoms. The van der Waals surface area contributed by atoms with Crippen molar-refractivity contribution in [3.8, 4) is 0 Å². The lowest BCUT2D eigenvalue weighted by Gasteiger charge is -2.40. The molecule has 2 amide bonds. The number of hydrogen-bond donors (Lipinski definition) is 4. The van der Waals surface area contributed by atoms with Gasteiger partial charge in [-0.1, -0.05) is 6.08 Å². The maximum absolute atomic E-state index is 11.9. The number of imidazole rings is 1. The summed E-state index contributed by atoms with van der Waals surface area (Å²) in [7, 11) is 0. The summed E-state index contributed by atoms with van der Waals surface area (Å²) in [5, 5.41) is 14.5. The van der Waals surface area contributed by atoms with Gasteiger partial charge in [0.05, 0.1) is 11.7 Å². The minimum atomic E-state index is -1.07. The minimum absolute atomic E-state index is 0.0212. The second-order valence-electron chi connectivity index (χ2n) is 5.01. The highest BCUT2D eigenvalue weighted by atomic mass is 16.4. The number of nitrogens with one attached hydrogen (secondary N) is 3. The molecule has 0 aromatic carbocycles. The molecule has 1 unspecified atom stereocenters. The maximum Gasteiger partial charge on any atom is 0.353 e. The molecule has 0 aliphatic heterocycles. The molecule has 1 heterocycles. The van der Waals surface area contributed by atoms with Crippen molar-refractivity contribution in [1.82, 2.24) is 20.6 Å². The van der Waals surface area contributed by atoms with Gasteiger partial charge in [-0.3, -0.25) is 0 Å². The largest absolute Gasteiger partial charge is 0.477 e. The van der Waals surface area contributed by atoms with Gasteiger partial charge in [-0.15, -0.1) is 6.58 Å². The van der Waals surface area contributed by atoms with E-state index in [1.54, 1.807) is 6.08 Å². The highest BCUT2D eigenvalue weighted by Crippen LogP contribution is 2.39. The normalized spacial score (nSPS) is 17.6. The summed E-state index contributed by atoms with van der Waals surface area (Å²) < 4.78 is 0. The number of aromatic nitrogens is 2. The standard InChI is InChI=1S/C13H18N4O3/c1-3-8(2)15-12(20)17-13(5-4-6-13)11-14-7-9(16-11)10(18)19/h3,7-8H,1,4-6H2,2H3,(H,14,16)(H,18,19)(H2,15,17,20). The van der Waals surface area contributed by atoms with Crippen molar-refractivity contribution < 1.29 is 14.7 Å². The number of amides is 2. The lowest BCUT2D eigenvalue weighted by molar-refractivity contribution is 0.0690. The monoisotopic (exact) mass is 278 g/mol. The SMILES string of the molecule is C=CC(C)NC(=O)NC1(c2ncc(C(=O)O)[nH]2)CCC1. The molecule has 0 radical (unpaired) electrons. The average molecular weight is 278 g/mol. The molecule has 1 saturated carbocycles. The van der Waals surface area contributed by atoms with E-state index in [2.05, 4.69) is 27.2 Å². The van der Waals surface area contributed by atoms with E-state index < -0.39 is 11.5 Å². The van der Waals surface area contributed by atoms with Gasteiger partial charge in [-0.05, 0) is 26.2 Å². The Kier molecular flexibility index (Phi) is 3.78. The third-order valence-corrected chi connectivity index (χ3v) is 3.53. The topological polar surface area (TPSA) is 107 Å². The van der Waals surface area contributed by atoms with Crippen molar-refractivity contribution in [2.75, 3.05) is 0 Å². The fraction of sp³-hybridized carbons (Fsp3) is 0.462. The third kappa shape index (κ3) is 2.66. The second-order valence-corrected chi connectivity index (χ2v) is 5.01. The average Bonchev–Trinajstić information content (AvgIpc) is 2.83. The number of rotatable bonds is 5. The Morgan fingerprint density at radius 1 is 1.60 bits per heavy atom. The Morgan fingerprint density at radius 3 is 2.75 bits per heavy atom. The van der Waals surface area contributed by atoms with Gasteiger partial charge >= 0.3 is 12.0 Å². The van der Waals surface area contributed by atoms with E-state index in [9.17, 15) is 9.59 Å². The van der Waals surface area contributed by atoms with Gasteiger partial charge in [0.1, 0.15) is 11.5 Å². The van der Waals surface area contributed by atoms with Gasteiger partial charge in [0.15, 0.2) is 0 Å². The third-order valence-electron chi connectivity index (χ3n) is 3.53. The van der Waals surface area contributed by atoms with Crippen LogP contribution in [0, 0.1) is 0 Å². The first-order valence-electron chi connectivity index (χ1n) is 6.47. The van der Waals surface area contributed by atoms with Crippen LogP contribution in [0.1, 0.15) is 42.5 Å². The fourth-order valence-corrected chi connectivity index (χ4v) is 2.14. The molecule has 1 aliphatic rings. The van der Waals surface area contributed by atoms with Crippen molar-refractivity contribution in [3.63, 3.8) is 0 Å². The second kappa shape index (κ2) is 5.36. The predicted molar refractivity (Wildman–Crippen MR) is 72.4 cm³/mol. The van der Waals surface area contributed by atoms with Crippen LogP contribution in [0.2, 0.25) is 0 Å². The summed E-state index contributed by atoms with van der Waals surface area (Å²) in [6.07, 6.45) is 5.32. The number of urea groups is 1. The fourth-order valence-electron chi connectivity index (χ4n) is 2.14. The molecular weight excluding hydrogens is 260 g/mol. The van der Waals surface area contributed by atoms with Gasteiger partial charge in [-0.25, -0.2) is 14.6 Å². The first-order chi connectivity index (χ1) is 9.47. The highest BCUT2D eigenvalue weighted by molar-refractivity contribution is 5.85. The number of H-pyrrole nitrogens is 1. The Morgan fingerprint density at radius 2 is 2.30 bits per heavy atom. The van der Waals surface area contributed by atoms with Crippen molar-refractivity contribution in [2.45, 2.75) is 37.8 Å². The molecule has 4 N–H and O–H groups in total. The van der Waals surface area contributed by atoms with Crippen molar-refractivity contribution in [1.29, 1.82) is 0 Å². The highest BCUT2D eigenvalue weighted by Gasteiger charge is 2.43. The molecule has 0 spiro atoms. The molecule has 2 rings (SSSR count). The van der Waals surface area contributed by atoms with Crippen LogP contribution in [-0.2, 0) is 5.54 Å². The van der Waals surface area contributed by atoms with Gasteiger partial charge in [0.25, 0.3) is 0 Å². The van der Waals surface area contributed by atoms with Gasteiger partial charge in [0, 0.05) is 6.04 Å². The molecular formula is C13H18N4O3. The Hall–Kier alpha value is -2.31. The van der Waals surface area contributed by atoms with E-state index in [0.29, 0.717) is 5.82 Å². The Bertz CT molecular complexity index is 533. The Labute approximate surface area is 116 Å². The maximum atomic E-state index is 11.9. The van der Waals surface area contributed by atoms with Crippen LogP contribution < -0.4 is 10.6 Å². The summed E-state index contributed by atoms with van der Waals surface area (Å²) in [5.74, 6) is -0.578. The van der Waals surface area contributed by atoms with Crippen LogP contribution in [0.5, 0.6) is 0 Å². The van der Waals surface area contributed by atoms with Crippen molar-refractivity contribution in [3.05, 3.63) is 30.4 Å². The van der Waals surface area contributed by atoms with Crippen LogP contribution in [-0.4, -0.2) is 33.1 Å². The predicted octanol–water partition coefficient (Wildman–Crippen LogP) is 1.36. The molecule has 1 aromatic heterocycles. The van der Waals surface area contributed by atoms with Crippen LogP contribution >= 0.6 is 0 Å². The summed E-state index contributed by atoms with van der Waals surface area (Å²) in [5.41, 5.74) is -0.577. The molecule has 7 nitrogen and oxygen atoms in total. The zero-order valence-corrected chi connectivity index (χ0v) is 11.3. The van der Waals surface area contributed by atoms with Gasteiger partial charge in [-0.2, -0.15) is 0 Å². The van der Waals surface area contributed by atoms with Crippen LogP contribution in [0.15, 0.2) is 18.9 Å². The zero-order valence-electron chi connectivity index (χ0n) is 11.3. The van der Waals surface area contributed by atoms with Crippen LogP contribution in [0.4, 0.5) is 4.79 Å². The first kappa shape index (κ1) is 14.1. The zero-order chi connectivity index (χ0) is 14.8. The molecule has 1 aliphatic carbocycles. The summed E-state index contributed by atoms with van der Waals surface area (Å²) in [6.45, 7) is 5.41. The van der Waals surface area contributed by atoms with E-state index in [4.69, 9.17) is 5.11 Å². The molecule has 108 valence electrons. The summed E-state index contributed by atoms with van der Waals surface area (Å²) in [4.78, 5) is 29.6. The van der Waals surface area contributed by atoms with Crippen LogP contribution in [0.3, 0.4) is 0 Å². The van der Waals surface area contributed by atoms with E-state index in [0.717, 1.165) is 19.3 Å². The number of carbonyl (C=O) groups excluding carboxylic acids is 1. The van der Waals surface area contributed by atoms with Crippen molar-refractivity contribution >= 4 is 12.0 Å². The number of aromatic amines is 1. The number of hydrogen-bond acceptors (Lipinski definition) is 3. The van der Waals surface area contributed by atoms with E-state index in [1.807, 2.05) is 6.92 Å². The van der Waals surface area contributed by atoms with Crippen LogP contribution in [0.25, 0.3) is 0 Å². The number of aromatic carboxylic acids is 1. The molecule has 1 aromatic rings. The van der Waals surface area contributed by atoms with E-state index in [-0.39, 0.29) is 17.8 Å². The number of carboxylic acid groups (broad SMARTS) is 1. The van der Waals surface area contributed by atoms with E-state index >= 15 is 0 Å². The van der Waals surface area contributed by atoms with Gasteiger partial charge in [0.2, 0.25) is 0 Å². The first-order valence-corrected chi connectivity index (χ1v) is 6.47. The smallest absolute Gasteiger partial charge is 0.353 e. The Balaban J connectivity index is 2.10. The number of carboxylic acids is 1. The van der Waals surface area contributed by atoms with E-state index in [1.165, 1.54) is 6.20 Å². The minimum Gasteiger partial charge on any atom is -0.477 e. The summed E-state index contributed by atoms with van der Waals surface area (Å²) >= 11 is 0. The molecule has 1 atom stereocenters.